The molecule has 3 aromatic rings. The molecule has 0 aliphatic heterocycles. The van der Waals surface area contributed by atoms with Crippen LogP contribution in [0.3, 0.4) is 0 Å². The second kappa shape index (κ2) is 6.83. The molecule has 0 bridgehead atoms. The number of methoxy groups -OCH3 is 1. The third-order valence-electron chi connectivity index (χ3n) is 3.83. The zero-order valence-electron chi connectivity index (χ0n) is 13.3. The summed E-state index contributed by atoms with van der Waals surface area (Å²) in [6.45, 7) is 0. The van der Waals surface area contributed by atoms with Gasteiger partial charge in [0.15, 0.2) is 11.5 Å². The molecule has 1 heterocycles. The van der Waals surface area contributed by atoms with Crippen molar-refractivity contribution < 1.29 is 9.84 Å². The molecule has 6 heteroatoms. The first-order chi connectivity index (χ1) is 12.1. The third-order valence-corrected chi connectivity index (χ3v) is 4.29. The zero-order valence-corrected chi connectivity index (χ0v) is 14.9. The quantitative estimate of drug-likeness (QED) is 0.687. The van der Waals surface area contributed by atoms with Crippen molar-refractivity contribution in [1.29, 1.82) is 5.26 Å². The summed E-state index contributed by atoms with van der Waals surface area (Å²) in [6, 6.07) is 15.0. The predicted octanol–water partition coefficient (Wildman–Crippen LogP) is 4.35. The number of hydrogen-bond donors (Lipinski definition) is 2. The first-order valence-electron chi connectivity index (χ1n) is 7.37. The average molecular weight is 396 g/mol. The lowest BCUT2D eigenvalue weighted by atomic mass is 9.91. The molecule has 0 atom stereocenters. The van der Waals surface area contributed by atoms with Gasteiger partial charge in [-0.05, 0) is 17.7 Å². The van der Waals surface area contributed by atoms with Crippen LogP contribution < -0.4 is 10.5 Å². The molecule has 0 unspecified atom stereocenters. The molecule has 0 spiro atoms. The largest absolute Gasteiger partial charge is 0.504 e. The van der Waals surface area contributed by atoms with Gasteiger partial charge in [0.2, 0.25) is 0 Å². The number of hydrogen-bond acceptors (Lipinski definition) is 5. The van der Waals surface area contributed by atoms with Crippen LogP contribution in [0.25, 0.3) is 22.3 Å². The van der Waals surface area contributed by atoms with E-state index in [2.05, 4.69) is 27.0 Å². The van der Waals surface area contributed by atoms with Crippen molar-refractivity contribution in [3.05, 3.63) is 58.7 Å². The minimum absolute atomic E-state index is 0.0648. The van der Waals surface area contributed by atoms with Crippen molar-refractivity contribution in [2.45, 2.75) is 0 Å². The monoisotopic (exact) mass is 395 g/mol. The minimum Gasteiger partial charge on any atom is -0.504 e. The van der Waals surface area contributed by atoms with Gasteiger partial charge in [-0.1, -0.05) is 46.3 Å². The summed E-state index contributed by atoms with van der Waals surface area (Å²) in [4.78, 5) is 4.14. The van der Waals surface area contributed by atoms with Crippen LogP contribution in [-0.2, 0) is 0 Å². The number of anilines is 1. The first-order valence-corrected chi connectivity index (χ1v) is 8.17. The highest BCUT2D eigenvalue weighted by atomic mass is 79.9. The van der Waals surface area contributed by atoms with Crippen molar-refractivity contribution in [2.75, 3.05) is 12.8 Å². The van der Waals surface area contributed by atoms with Gasteiger partial charge in [-0.3, -0.25) is 0 Å². The molecule has 1 aromatic heterocycles. The maximum absolute atomic E-state index is 10.6. The molecule has 3 rings (SSSR count). The van der Waals surface area contributed by atoms with Crippen LogP contribution in [0.15, 0.2) is 53.1 Å². The van der Waals surface area contributed by atoms with Crippen molar-refractivity contribution >= 4 is 21.7 Å². The highest BCUT2D eigenvalue weighted by molar-refractivity contribution is 9.10. The number of phenolic OH excluding ortho intramolecular Hbond substituents is 1. The Morgan fingerprint density at radius 2 is 1.92 bits per heavy atom. The van der Waals surface area contributed by atoms with E-state index in [-0.39, 0.29) is 17.1 Å². The summed E-state index contributed by atoms with van der Waals surface area (Å²) < 4.78 is 5.93. The van der Waals surface area contributed by atoms with Gasteiger partial charge in [0.1, 0.15) is 17.5 Å². The van der Waals surface area contributed by atoms with Crippen LogP contribution in [0.5, 0.6) is 11.5 Å². The number of aromatic nitrogens is 1. The smallest absolute Gasteiger partial charge is 0.165 e. The highest BCUT2D eigenvalue weighted by Gasteiger charge is 2.21. The van der Waals surface area contributed by atoms with Crippen LogP contribution >= 0.6 is 15.9 Å². The molecule has 124 valence electrons. The number of benzene rings is 2. The number of halogens is 1. The predicted molar refractivity (Wildman–Crippen MR) is 100 cm³/mol. The molecule has 0 amide bonds. The van der Waals surface area contributed by atoms with E-state index in [0.717, 1.165) is 5.56 Å². The second-order valence-corrected chi connectivity index (χ2v) is 6.20. The molecule has 3 N–H and O–H groups in total. The summed E-state index contributed by atoms with van der Waals surface area (Å²) in [6.07, 6.45) is 1.60. The lowest BCUT2D eigenvalue weighted by molar-refractivity contribution is 0.374. The Labute approximate surface area is 153 Å². The van der Waals surface area contributed by atoms with E-state index >= 15 is 0 Å². The van der Waals surface area contributed by atoms with Crippen molar-refractivity contribution in [3.63, 3.8) is 0 Å². The topological polar surface area (TPSA) is 92.2 Å². The fourth-order valence-corrected chi connectivity index (χ4v) is 3.11. The Balaban J connectivity index is 2.42. The molecule has 5 nitrogen and oxygen atoms in total. The van der Waals surface area contributed by atoms with Crippen LogP contribution in [-0.4, -0.2) is 17.2 Å². The molecule has 0 radical (unpaired) electrons. The lowest BCUT2D eigenvalue weighted by Crippen LogP contribution is -2.00. The summed E-state index contributed by atoms with van der Waals surface area (Å²) in [5.74, 6) is 0.336. The number of rotatable bonds is 3. The van der Waals surface area contributed by atoms with Gasteiger partial charge in [-0.25, -0.2) is 4.98 Å². The van der Waals surface area contributed by atoms with Crippen molar-refractivity contribution in [3.8, 4) is 39.8 Å². The fraction of sp³-hybridized carbons (Fsp3) is 0.0526. The van der Waals surface area contributed by atoms with E-state index in [4.69, 9.17) is 10.5 Å². The molecule has 25 heavy (non-hydrogen) atoms. The minimum atomic E-state index is -0.0648. The van der Waals surface area contributed by atoms with E-state index in [1.165, 1.54) is 7.11 Å². The van der Waals surface area contributed by atoms with E-state index < -0.39 is 0 Å². The lowest BCUT2D eigenvalue weighted by Gasteiger charge is -2.16. The number of nitrogens with two attached hydrogens (primary N) is 1. The van der Waals surface area contributed by atoms with Gasteiger partial charge in [-0.2, -0.15) is 5.26 Å². The standard InChI is InChI=1S/C19H14BrN3O2/c1-25-16-8-12(20)7-13(18(16)24)17-14(9-21)19(22)23-10-15(17)11-5-3-2-4-6-11/h2-8,10,24H,1H3,(H2,22,23). The summed E-state index contributed by atoms with van der Waals surface area (Å²) in [5.41, 5.74) is 8.63. The molecule has 0 saturated heterocycles. The van der Waals surface area contributed by atoms with Gasteiger partial charge >= 0.3 is 0 Å². The van der Waals surface area contributed by atoms with Gasteiger partial charge in [0.25, 0.3) is 0 Å². The van der Waals surface area contributed by atoms with E-state index in [9.17, 15) is 10.4 Å². The van der Waals surface area contributed by atoms with Crippen LogP contribution in [0.4, 0.5) is 5.82 Å². The molecule has 0 saturated carbocycles. The summed E-state index contributed by atoms with van der Waals surface area (Å²) in [5, 5.41) is 20.3. The number of phenols is 1. The van der Waals surface area contributed by atoms with Gasteiger partial charge < -0.3 is 15.6 Å². The average Bonchev–Trinajstić information content (AvgIpc) is 2.63. The Bertz CT molecular complexity index is 982. The molecule has 2 aromatic carbocycles. The normalized spacial score (nSPS) is 10.3. The molecular weight excluding hydrogens is 382 g/mol. The van der Waals surface area contributed by atoms with Gasteiger partial charge in [0, 0.05) is 27.4 Å². The number of nitrogen functional groups attached to an aromatic ring is 1. The van der Waals surface area contributed by atoms with Crippen LogP contribution in [0, 0.1) is 11.3 Å². The molecule has 0 aliphatic rings. The van der Waals surface area contributed by atoms with E-state index in [1.807, 2.05) is 30.3 Å². The zero-order chi connectivity index (χ0) is 18.0. The SMILES string of the molecule is COc1cc(Br)cc(-c2c(-c3ccccc3)cnc(N)c2C#N)c1O. The first kappa shape index (κ1) is 16.8. The maximum Gasteiger partial charge on any atom is 0.165 e. The summed E-state index contributed by atoms with van der Waals surface area (Å²) >= 11 is 3.41. The number of pyridine rings is 1. The number of aromatic hydroxyl groups is 1. The van der Waals surface area contributed by atoms with E-state index in [0.29, 0.717) is 26.9 Å². The Kier molecular flexibility index (Phi) is 4.59. The Hall–Kier alpha value is -3.04. The van der Waals surface area contributed by atoms with Gasteiger partial charge in [-0.15, -0.1) is 0 Å². The number of nitriles is 1. The Morgan fingerprint density at radius 3 is 2.56 bits per heavy atom. The summed E-state index contributed by atoms with van der Waals surface area (Å²) in [7, 11) is 1.47. The number of ether oxygens (including phenoxy) is 1. The molecule has 0 fully saturated rings. The number of nitrogens with zero attached hydrogens (tertiary/aromatic N) is 2. The molecular formula is C19H14BrN3O2. The van der Waals surface area contributed by atoms with Crippen molar-refractivity contribution in [1.82, 2.24) is 4.98 Å². The van der Waals surface area contributed by atoms with Crippen molar-refractivity contribution in [2.24, 2.45) is 0 Å². The van der Waals surface area contributed by atoms with E-state index in [1.54, 1.807) is 18.3 Å². The third kappa shape index (κ3) is 3.02. The van der Waals surface area contributed by atoms with Gasteiger partial charge in [0.05, 0.1) is 7.11 Å². The van der Waals surface area contributed by atoms with Crippen LogP contribution in [0.2, 0.25) is 0 Å². The second-order valence-electron chi connectivity index (χ2n) is 5.29. The maximum atomic E-state index is 10.6. The molecule has 0 aliphatic carbocycles. The highest BCUT2D eigenvalue weighted by Crippen LogP contribution is 2.45. The fourth-order valence-electron chi connectivity index (χ4n) is 2.68. The van der Waals surface area contributed by atoms with Crippen LogP contribution in [0.1, 0.15) is 5.56 Å². The Morgan fingerprint density at radius 1 is 1.20 bits per heavy atom.